The van der Waals surface area contributed by atoms with Crippen LogP contribution in [0.2, 0.25) is 0 Å². The number of hydrogen-bond acceptors (Lipinski definition) is 4. The van der Waals surface area contributed by atoms with Gasteiger partial charge in [-0.05, 0) is 41.5 Å². The number of anilines is 1. The molecule has 5 nitrogen and oxygen atoms in total. The lowest BCUT2D eigenvalue weighted by Crippen LogP contribution is -2.30. The number of hydrazine groups is 1. The van der Waals surface area contributed by atoms with Crippen LogP contribution in [0, 0.1) is 0 Å². The number of carbonyl (C=O) groups excluding carboxylic acids is 1. The Bertz CT molecular complexity index is 1420. The molecule has 0 saturated carbocycles. The van der Waals surface area contributed by atoms with E-state index in [0.717, 1.165) is 37.8 Å². The van der Waals surface area contributed by atoms with Crippen LogP contribution in [0.15, 0.2) is 108 Å². The number of amides is 1. The SMILES string of the molecule is O=C(NNc1nc(-c2ccccc2)c2cc(Br)ccc2n1)c1ccc(-c2ccccc2)cc1. The van der Waals surface area contributed by atoms with Crippen LogP contribution in [0.3, 0.4) is 0 Å². The predicted molar refractivity (Wildman–Crippen MR) is 136 cm³/mol. The quantitative estimate of drug-likeness (QED) is 0.274. The second kappa shape index (κ2) is 9.22. The molecule has 0 bridgehead atoms. The van der Waals surface area contributed by atoms with Gasteiger partial charge < -0.3 is 0 Å². The standard InChI is InChI=1S/C27H19BrN4O/c28-22-15-16-24-23(17-22)25(20-9-5-2-6-10-20)30-27(29-24)32-31-26(33)21-13-11-19(12-14-21)18-7-3-1-4-8-18/h1-17H,(H,31,33)(H,29,30,32). The van der Waals surface area contributed by atoms with E-state index in [1.165, 1.54) is 0 Å². The normalized spacial score (nSPS) is 10.7. The monoisotopic (exact) mass is 494 g/mol. The Kier molecular flexibility index (Phi) is 5.83. The number of nitrogens with one attached hydrogen (secondary N) is 2. The number of rotatable bonds is 5. The Labute approximate surface area is 199 Å². The number of nitrogens with zero attached hydrogens (tertiary/aromatic N) is 2. The van der Waals surface area contributed by atoms with Gasteiger partial charge in [-0.1, -0.05) is 88.7 Å². The molecule has 1 aromatic heterocycles. The van der Waals surface area contributed by atoms with E-state index in [1.807, 2.05) is 91.0 Å². The molecule has 0 saturated heterocycles. The molecule has 2 N–H and O–H groups in total. The van der Waals surface area contributed by atoms with Gasteiger partial charge in [-0.3, -0.25) is 15.6 Å². The average molecular weight is 495 g/mol. The second-order valence-electron chi connectivity index (χ2n) is 7.45. The molecule has 0 atom stereocenters. The summed E-state index contributed by atoms with van der Waals surface area (Å²) < 4.78 is 0.948. The molecule has 0 fully saturated rings. The highest BCUT2D eigenvalue weighted by Gasteiger charge is 2.12. The van der Waals surface area contributed by atoms with Crippen LogP contribution in [0.5, 0.6) is 0 Å². The lowest BCUT2D eigenvalue weighted by atomic mass is 10.0. The van der Waals surface area contributed by atoms with Gasteiger partial charge >= 0.3 is 0 Å². The number of halogens is 1. The third-order valence-electron chi connectivity index (χ3n) is 5.25. The minimum Gasteiger partial charge on any atom is -0.267 e. The zero-order valence-electron chi connectivity index (χ0n) is 17.5. The molecule has 5 rings (SSSR count). The first-order valence-corrected chi connectivity index (χ1v) is 11.2. The van der Waals surface area contributed by atoms with Crippen molar-refractivity contribution in [2.75, 3.05) is 5.43 Å². The molecule has 4 aromatic carbocycles. The summed E-state index contributed by atoms with van der Waals surface area (Å²) in [6.45, 7) is 0. The molecular formula is C27H19BrN4O. The number of aromatic nitrogens is 2. The van der Waals surface area contributed by atoms with Crippen molar-refractivity contribution in [3.63, 3.8) is 0 Å². The maximum Gasteiger partial charge on any atom is 0.269 e. The first-order chi connectivity index (χ1) is 16.2. The molecule has 0 spiro atoms. The molecule has 1 heterocycles. The number of carbonyl (C=O) groups is 1. The van der Waals surface area contributed by atoms with E-state index >= 15 is 0 Å². The van der Waals surface area contributed by atoms with E-state index in [2.05, 4.69) is 36.7 Å². The Hall–Kier alpha value is -4.03. The molecule has 33 heavy (non-hydrogen) atoms. The van der Waals surface area contributed by atoms with Crippen molar-refractivity contribution in [1.82, 2.24) is 15.4 Å². The summed E-state index contributed by atoms with van der Waals surface area (Å²) in [5.74, 6) is 0.0494. The summed E-state index contributed by atoms with van der Waals surface area (Å²) in [4.78, 5) is 21.9. The molecule has 0 aliphatic heterocycles. The molecule has 0 unspecified atom stereocenters. The molecular weight excluding hydrogens is 476 g/mol. The van der Waals surface area contributed by atoms with E-state index in [0.29, 0.717) is 11.5 Å². The molecule has 1 amide bonds. The first-order valence-electron chi connectivity index (χ1n) is 10.4. The summed E-state index contributed by atoms with van der Waals surface area (Å²) in [6, 6.07) is 33.2. The van der Waals surface area contributed by atoms with Gasteiger partial charge in [-0.2, -0.15) is 0 Å². The lowest BCUT2D eigenvalue weighted by Gasteiger charge is -2.12. The van der Waals surface area contributed by atoms with Crippen molar-refractivity contribution in [3.8, 4) is 22.4 Å². The molecule has 6 heteroatoms. The minimum atomic E-state index is -0.268. The summed E-state index contributed by atoms with van der Waals surface area (Å²) in [5, 5.41) is 0.920. The van der Waals surface area contributed by atoms with Gasteiger partial charge in [-0.25, -0.2) is 9.97 Å². The second-order valence-corrected chi connectivity index (χ2v) is 8.36. The molecule has 160 valence electrons. The topological polar surface area (TPSA) is 66.9 Å². The summed E-state index contributed by atoms with van der Waals surface area (Å²) in [5.41, 5.74) is 10.8. The lowest BCUT2D eigenvalue weighted by molar-refractivity contribution is 0.0962. The highest BCUT2D eigenvalue weighted by Crippen LogP contribution is 2.29. The maximum absolute atomic E-state index is 12.7. The van der Waals surface area contributed by atoms with Crippen LogP contribution in [0.25, 0.3) is 33.3 Å². The van der Waals surface area contributed by atoms with Gasteiger partial charge in [0, 0.05) is 21.0 Å². The maximum atomic E-state index is 12.7. The average Bonchev–Trinajstić information content (AvgIpc) is 2.88. The Morgan fingerprint density at radius 3 is 2.03 bits per heavy atom. The van der Waals surface area contributed by atoms with E-state index in [4.69, 9.17) is 0 Å². The summed E-state index contributed by atoms with van der Waals surface area (Å²) >= 11 is 3.53. The van der Waals surface area contributed by atoms with Gasteiger partial charge in [0.25, 0.3) is 5.91 Å². The Morgan fingerprint density at radius 2 is 1.33 bits per heavy atom. The van der Waals surface area contributed by atoms with E-state index < -0.39 is 0 Å². The van der Waals surface area contributed by atoms with Gasteiger partial charge in [0.2, 0.25) is 5.95 Å². The molecule has 0 aliphatic rings. The number of hydrogen-bond donors (Lipinski definition) is 2. The van der Waals surface area contributed by atoms with Crippen LogP contribution in [-0.2, 0) is 0 Å². The van der Waals surface area contributed by atoms with Gasteiger partial charge in [-0.15, -0.1) is 0 Å². The minimum absolute atomic E-state index is 0.268. The van der Waals surface area contributed by atoms with Gasteiger partial charge in [0.15, 0.2) is 0 Å². The van der Waals surface area contributed by atoms with Gasteiger partial charge in [0.1, 0.15) is 0 Å². The van der Waals surface area contributed by atoms with Crippen LogP contribution in [-0.4, -0.2) is 15.9 Å². The molecule has 5 aromatic rings. The third kappa shape index (κ3) is 4.61. The zero-order valence-corrected chi connectivity index (χ0v) is 19.1. The smallest absolute Gasteiger partial charge is 0.267 e. The van der Waals surface area contributed by atoms with Crippen molar-refractivity contribution < 1.29 is 4.79 Å². The fourth-order valence-corrected chi connectivity index (χ4v) is 3.96. The number of fused-ring (bicyclic) bond motifs is 1. The van der Waals surface area contributed by atoms with Crippen LogP contribution >= 0.6 is 15.9 Å². The summed E-state index contributed by atoms with van der Waals surface area (Å²) in [7, 11) is 0. The van der Waals surface area contributed by atoms with Crippen molar-refractivity contribution >= 4 is 38.7 Å². The summed E-state index contributed by atoms with van der Waals surface area (Å²) in [6.07, 6.45) is 0. The predicted octanol–water partition coefficient (Wildman–Crippen LogP) is 6.48. The van der Waals surface area contributed by atoms with Crippen molar-refractivity contribution in [1.29, 1.82) is 0 Å². The van der Waals surface area contributed by atoms with Crippen LogP contribution in [0.1, 0.15) is 10.4 Å². The van der Waals surface area contributed by atoms with Crippen LogP contribution < -0.4 is 10.9 Å². The first kappa shape index (κ1) is 20.8. The largest absolute Gasteiger partial charge is 0.269 e. The van der Waals surface area contributed by atoms with Crippen molar-refractivity contribution in [3.05, 3.63) is 113 Å². The van der Waals surface area contributed by atoms with Crippen LogP contribution in [0.4, 0.5) is 5.95 Å². The number of benzene rings is 4. The third-order valence-corrected chi connectivity index (χ3v) is 5.74. The molecule has 0 aliphatic carbocycles. The van der Waals surface area contributed by atoms with E-state index in [-0.39, 0.29) is 5.91 Å². The Morgan fingerprint density at radius 1 is 0.697 bits per heavy atom. The van der Waals surface area contributed by atoms with E-state index in [1.54, 1.807) is 12.1 Å². The van der Waals surface area contributed by atoms with Crippen molar-refractivity contribution in [2.45, 2.75) is 0 Å². The highest BCUT2D eigenvalue weighted by atomic mass is 79.9. The fourth-order valence-electron chi connectivity index (χ4n) is 3.60. The highest BCUT2D eigenvalue weighted by molar-refractivity contribution is 9.10. The zero-order chi connectivity index (χ0) is 22.6. The molecule has 0 radical (unpaired) electrons. The van der Waals surface area contributed by atoms with E-state index in [9.17, 15) is 4.79 Å². The van der Waals surface area contributed by atoms with Crippen molar-refractivity contribution in [2.24, 2.45) is 0 Å². The fraction of sp³-hybridized carbons (Fsp3) is 0. The van der Waals surface area contributed by atoms with Gasteiger partial charge in [0.05, 0.1) is 11.2 Å². The Balaban J connectivity index is 1.38.